The van der Waals surface area contributed by atoms with Crippen LogP contribution in [0.15, 0.2) is 42.1 Å². The fraction of sp³-hybridized carbons (Fsp3) is 0.444. The summed E-state index contributed by atoms with van der Waals surface area (Å²) in [6.45, 7) is 8.53. The number of nitrogens with zero attached hydrogens (tertiary/aromatic N) is 2. The fourth-order valence-corrected chi connectivity index (χ4v) is 2.14. The highest BCUT2D eigenvalue weighted by Crippen LogP contribution is 1.99. The van der Waals surface area contributed by atoms with Gasteiger partial charge in [-0.15, -0.1) is 0 Å². The third-order valence-corrected chi connectivity index (χ3v) is 3.60. The van der Waals surface area contributed by atoms with Gasteiger partial charge in [0, 0.05) is 19.3 Å². The molecule has 5 heteroatoms. The van der Waals surface area contributed by atoms with E-state index in [2.05, 4.69) is 29.4 Å². The highest BCUT2D eigenvalue weighted by Gasteiger charge is 2.08. The van der Waals surface area contributed by atoms with Gasteiger partial charge in [-0.2, -0.15) is 5.26 Å². The Morgan fingerprint density at radius 3 is 2.57 bits per heavy atom. The number of hydrogen-bond donors (Lipinski definition) is 2. The van der Waals surface area contributed by atoms with Crippen LogP contribution >= 0.6 is 0 Å². The molecule has 0 unspecified atom stereocenters. The summed E-state index contributed by atoms with van der Waals surface area (Å²) in [7, 11) is 0. The van der Waals surface area contributed by atoms with Crippen molar-refractivity contribution >= 4 is 5.91 Å². The summed E-state index contributed by atoms with van der Waals surface area (Å²) >= 11 is 0. The van der Waals surface area contributed by atoms with Crippen molar-refractivity contribution in [3.8, 4) is 6.07 Å². The Labute approximate surface area is 139 Å². The number of carbonyl (C=O) groups excluding carboxylic acids is 1. The number of amides is 1. The van der Waals surface area contributed by atoms with E-state index in [1.165, 1.54) is 6.20 Å². The van der Waals surface area contributed by atoms with Crippen molar-refractivity contribution in [3.05, 3.63) is 47.7 Å². The van der Waals surface area contributed by atoms with Crippen molar-refractivity contribution in [1.29, 1.82) is 5.26 Å². The number of rotatable bonds is 10. The van der Waals surface area contributed by atoms with E-state index >= 15 is 0 Å². The lowest BCUT2D eigenvalue weighted by Crippen LogP contribution is -2.27. The molecule has 0 saturated carbocycles. The fourth-order valence-electron chi connectivity index (χ4n) is 2.14. The first-order chi connectivity index (χ1) is 11.2. The summed E-state index contributed by atoms with van der Waals surface area (Å²) in [5.41, 5.74) is 1.11. The minimum atomic E-state index is -0.354. The van der Waals surface area contributed by atoms with Gasteiger partial charge in [-0.1, -0.05) is 44.2 Å². The van der Waals surface area contributed by atoms with Crippen molar-refractivity contribution in [2.45, 2.75) is 26.8 Å². The lowest BCUT2D eigenvalue weighted by atomic mass is 10.2. The zero-order valence-electron chi connectivity index (χ0n) is 14.0. The molecular formula is C18H26N4O. The molecule has 5 nitrogen and oxygen atoms in total. The summed E-state index contributed by atoms with van der Waals surface area (Å²) in [5.74, 6) is -0.354. The average Bonchev–Trinajstić information content (AvgIpc) is 2.60. The van der Waals surface area contributed by atoms with E-state index in [9.17, 15) is 4.79 Å². The molecule has 1 amide bonds. The first-order valence-corrected chi connectivity index (χ1v) is 8.09. The third kappa shape index (κ3) is 7.48. The van der Waals surface area contributed by atoms with E-state index in [0.717, 1.165) is 38.2 Å². The number of nitriles is 1. The van der Waals surface area contributed by atoms with Crippen LogP contribution in [-0.2, 0) is 11.3 Å². The maximum absolute atomic E-state index is 12.0. The Bertz CT molecular complexity index is 530. The lowest BCUT2D eigenvalue weighted by Gasteiger charge is -2.17. The minimum absolute atomic E-state index is 0.101. The first kappa shape index (κ1) is 18.7. The van der Waals surface area contributed by atoms with Crippen molar-refractivity contribution in [2.75, 3.05) is 26.2 Å². The zero-order valence-corrected chi connectivity index (χ0v) is 14.0. The third-order valence-electron chi connectivity index (χ3n) is 3.60. The van der Waals surface area contributed by atoms with Crippen LogP contribution in [-0.4, -0.2) is 37.0 Å². The van der Waals surface area contributed by atoms with Crippen LogP contribution in [0.25, 0.3) is 0 Å². The van der Waals surface area contributed by atoms with Crippen LogP contribution in [0.4, 0.5) is 0 Å². The van der Waals surface area contributed by atoms with Crippen LogP contribution in [0, 0.1) is 11.3 Å². The van der Waals surface area contributed by atoms with Gasteiger partial charge >= 0.3 is 0 Å². The Balaban J connectivity index is 2.34. The maximum Gasteiger partial charge on any atom is 0.263 e. The Morgan fingerprint density at radius 1 is 1.26 bits per heavy atom. The largest absolute Gasteiger partial charge is 0.390 e. The number of hydrogen-bond acceptors (Lipinski definition) is 4. The minimum Gasteiger partial charge on any atom is -0.390 e. The molecule has 0 fully saturated rings. The topological polar surface area (TPSA) is 68.2 Å². The zero-order chi connectivity index (χ0) is 16.9. The quantitative estimate of drug-likeness (QED) is 0.394. The molecule has 0 aliphatic carbocycles. The van der Waals surface area contributed by atoms with E-state index < -0.39 is 0 Å². The molecule has 2 N–H and O–H groups in total. The van der Waals surface area contributed by atoms with Crippen molar-refractivity contribution < 1.29 is 4.79 Å². The summed E-state index contributed by atoms with van der Waals surface area (Å²) in [4.78, 5) is 14.3. The van der Waals surface area contributed by atoms with Gasteiger partial charge in [0.15, 0.2) is 0 Å². The highest BCUT2D eigenvalue weighted by molar-refractivity contribution is 5.97. The summed E-state index contributed by atoms with van der Waals surface area (Å²) in [6, 6.07) is 11.6. The lowest BCUT2D eigenvalue weighted by molar-refractivity contribution is -0.117. The number of nitrogens with one attached hydrogen (secondary N) is 2. The molecule has 0 atom stereocenters. The highest BCUT2D eigenvalue weighted by atomic mass is 16.1. The van der Waals surface area contributed by atoms with E-state index in [-0.39, 0.29) is 11.5 Å². The van der Waals surface area contributed by atoms with Gasteiger partial charge in [0.2, 0.25) is 0 Å². The van der Waals surface area contributed by atoms with E-state index in [4.69, 9.17) is 5.26 Å². The SMILES string of the molecule is CCN(CC)CCCN/C=C(/C#N)C(=O)NCc1ccccc1. The number of benzene rings is 1. The second-order valence-corrected chi connectivity index (χ2v) is 5.17. The Hall–Kier alpha value is -2.32. The second-order valence-electron chi connectivity index (χ2n) is 5.17. The van der Waals surface area contributed by atoms with Crippen molar-refractivity contribution in [3.63, 3.8) is 0 Å². The monoisotopic (exact) mass is 314 g/mol. The van der Waals surface area contributed by atoms with E-state index in [0.29, 0.717) is 6.54 Å². The average molecular weight is 314 g/mol. The maximum atomic E-state index is 12.0. The Morgan fingerprint density at radius 2 is 1.96 bits per heavy atom. The standard InChI is InChI=1S/C18H26N4O/c1-3-22(4-2)12-8-11-20-15-17(13-19)18(23)21-14-16-9-6-5-7-10-16/h5-7,9-10,15,20H,3-4,8,11-12,14H2,1-2H3,(H,21,23)/b17-15-. The molecule has 0 spiro atoms. The predicted molar refractivity (Wildman–Crippen MR) is 92.4 cm³/mol. The summed E-state index contributed by atoms with van der Waals surface area (Å²) in [5, 5.41) is 14.9. The van der Waals surface area contributed by atoms with Gasteiger partial charge in [0.1, 0.15) is 11.6 Å². The number of carbonyl (C=O) groups is 1. The van der Waals surface area contributed by atoms with Gasteiger partial charge in [-0.05, 0) is 31.6 Å². The molecule has 124 valence electrons. The summed E-state index contributed by atoms with van der Waals surface area (Å²) < 4.78 is 0. The van der Waals surface area contributed by atoms with Gasteiger partial charge in [-0.25, -0.2) is 0 Å². The Kier molecular flexibility index (Phi) is 9.18. The van der Waals surface area contributed by atoms with Gasteiger partial charge in [-0.3, -0.25) is 4.79 Å². The predicted octanol–water partition coefficient (Wildman–Crippen LogP) is 2.03. The molecule has 1 aromatic carbocycles. The van der Waals surface area contributed by atoms with Gasteiger partial charge < -0.3 is 15.5 Å². The van der Waals surface area contributed by atoms with E-state index in [1.807, 2.05) is 36.4 Å². The van der Waals surface area contributed by atoms with Crippen LogP contribution in [0.3, 0.4) is 0 Å². The molecule has 0 aliphatic heterocycles. The molecule has 0 saturated heterocycles. The molecule has 0 aromatic heterocycles. The molecule has 0 aliphatic rings. The van der Waals surface area contributed by atoms with Crippen LogP contribution in [0.1, 0.15) is 25.8 Å². The molecular weight excluding hydrogens is 288 g/mol. The smallest absolute Gasteiger partial charge is 0.263 e. The van der Waals surface area contributed by atoms with Gasteiger partial charge in [0.25, 0.3) is 5.91 Å². The second kappa shape index (κ2) is 11.3. The van der Waals surface area contributed by atoms with Crippen LogP contribution in [0.5, 0.6) is 0 Å². The van der Waals surface area contributed by atoms with Gasteiger partial charge in [0.05, 0.1) is 0 Å². The molecule has 0 bridgehead atoms. The normalized spacial score (nSPS) is 11.1. The van der Waals surface area contributed by atoms with Crippen LogP contribution in [0.2, 0.25) is 0 Å². The van der Waals surface area contributed by atoms with Crippen LogP contribution < -0.4 is 10.6 Å². The summed E-state index contributed by atoms with van der Waals surface area (Å²) in [6.07, 6.45) is 2.48. The molecule has 23 heavy (non-hydrogen) atoms. The molecule has 0 heterocycles. The first-order valence-electron chi connectivity index (χ1n) is 8.09. The van der Waals surface area contributed by atoms with Crippen molar-refractivity contribution in [1.82, 2.24) is 15.5 Å². The molecule has 1 rings (SSSR count). The molecule has 1 aromatic rings. The van der Waals surface area contributed by atoms with E-state index in [1.54, 1.807) is 0 Å². The molecule has 0 radical (unpaired) electrons. The van der Waals surface area contributed by atoms with Crippen molar-refractivity contribution in [2.24, 2.45) is 0 Å².